The lowest BCUT2D eigenvalue weighted by Gasteiger charge is -2.17. The number of aromatic nitrogens is 6. The van der Waals surface area contributed by atoms with E-state index in [-0.39, 0.29) is 23.3 Å². The van der Waals surface area contributed by atoms with Crippen molar-refractivity contribution in [3.63, 3.8) is 0 Å². The van der Waals surface area contributed by atoms with Gasteiger partial charge in [-0.1, -0.05) is 0 Å². The molecular formula is C30H32FN9O2. The fourth-order valence-corrected chi connectivity index (χ4v) is 4.71. The molecule has 0 radical (unpaired) electrons. The Morgan fingerprint density at radius 2 is 1.76 bits per heavy atom. The van der Waals surface area contributed by atoms with Crippen molar-refractivity contribution in [2.24, 2.45) is 0 Å². The molecule has 0 fully saturated rings. The number of hydrogen-bond donors (Lipinski definition) is 3. The lowest BCUT2D eigenvalue weighted by molar-refractivity contribution is 0.262. The highest BCUT2D eigenvalue weighted by atomic mass is 19.1. The molecule has 12 heteroatoms. The van der Waals surface area contributed by atoms with Crippen LogP contribution in [-0.4, -0.2) is 42.4 Å². The van der Waals surface area contributed by atoms with Crippen LogP contribution in [-0.2, 0) is 0 Å². The van der Waals surface area contributed by atoms with Gasteiger partial charge >= 0.3 is 6.03 Å². The summed E-state index contributed by atoms with van der Waals surface area (Å²) in [7, 11) is 1.70. The highest BCUT2D eigenvalue weighted by Crippen LogP contribution is 2.31. The van der Waals surface area contributed by atoms with Gasteiger partial charge in [0.05, 0.1) is 11.4 Å². The monoisotopic (exact) mass is 569 g/mol. The van der Waals surface area contributed by atoms with Crippen LogP contribution in [0.3, 0.4) is 0 Å². The molecule has 5 aromatic rings. The number of hydrogen-bond acceptors (Lipinski definition) is 7. The van der Waals surface area contributed by atoms with Crippen molar-refractivity contribution in [3.8, 4) is 22.4 Å². The summed E-state index contributed by atoms with van der Waals surface area (Å²) in [6.07, 6.45) is 6.66. The summed E-state index contributed by atoms with van der Waals surface area (Å²) in [6, 6.07) is 7.26. The first-order chi connectivity index (χ1) is 20.1. The third-order valence-electron chi connectivity index (χ3n) is 6.81. The fourth-order valence-electron chi connectivity index (χ4n) is 4.71. The molecule has 0 aliphatic carbocycles. The molecule has 0 unspecified atom stereocenters. The van der Waals surface area contributed by atoms with Gasteiger partial charge in [0, 0.05) is 60.4 Å². The van der Waals surface area contributed by atoms with Crippen LogP contribution in [0.5, 0.6) is 0 Å². The van der Waals surface area contributed by atoms with E-state index in [1.165, 1.54) is 12.1 Å². The fraction of sp³-hybridized carbons (Fsp3) is 0.267. The number of amides is 2. The first-order valence-electron chi connectivity index (χ1n) is 13.6. The van der Waals surface area contributed by atoms with Gasteiger partial charge < -0.3 is 16.0 Å². The zero-order valence-electron chi connectivity index (χ0n) is 24.2. The van der Waals surface area contributed by atoms with Crippen molar-refractivity contribution >= 4 is 34.4 Å². The summed E-state index contributed by atoms with van der Waals surface area (Å²) in [4.78, 5) is 39.8. The SMILES string of the molecule is CNc1ncc2cc(-c3cc(NC(=O)Nc4cn(C(C)C)nc4-c4cccnc4)c(F)cc3C)c(=O)n(C(C)C)c2n1. The molecule has 0 bridgehead atoms. The third kappa shape index (κ3) is 5.42. The third-order valence-corrected chi connectivity index (χ3v) is 6.81. The Morgan fingerprint density at radius 3 is 2.43 bits per heavy atom. The van der Waals surface area contributed by atoms with Crippen molar-refractivity contribution in [2.45, 2.75) is 46.7 Å². The van der Waals surface area contributed by atoms with Crippen LogP contribution in [0.15, 0.2) is 59.9 Å². The van der Waals surface area contributed by atoms with Gasteiger partial charge in [-0.25, -0.2) is 14.2 Å². The van der Waals surface area contributed by atoms with E-state index in [1.807, 2.05) is 33.8 Å². The molecule has 0 saturated carbocycles. The van der Waals surface area contributed by atoms with Gasteiger partial charge in [0.2, 0.25) is 5.95 Å². The summed E-state index contributed by atoms with van der Waals surface area (Å²) in [6.45, 7) is 9.44. The lowest BCUT2D eigenvalue weighted by atomic mass is 9.99. The molecule has 2 amide bonds. The molecule has 0 atom stereocenters. The summed E-state index contributed by atoms with van der Waals surface area (Å²) < 4.78 is 18.5. The molecule has 0 saturated heterocycles. The summed E-state index contributed by atoms with van der Waals surface area (Å²) in [5.41, 5.74) is 3.18. The van der Waals surface area contributed by atoms with Crippen LogP contribution in [0.1, 0.15) is 45.3 Å². The molecule has 5 rings (SSSR count). The van der Waals surface area contributed by atoms with Gasteiger partial charge in [0.15, 0.2) is 0 Å². The number of fused-ring (bicyclic) bond motifs is 1. The van der Waals surface area contributed by atoms with Crippen LogP contribution in [0.4, 0.5) is 26.5 Å². The number of nitrogens with one attached hydrogen (secondary N) is 3. The van der Waals surface area contributed by atoms with Crippen LogP contribution in [0.2, 0.25) is 0 Å². The molecule has 1 aromatic carbocycles. The van der Waals surface area contributed by atoms with Crippen LogP contribution in [0, 0.1) is 12.7 Å². The largest absolute Gasteiger partial charge is 0.357 e. The number of pyridine rings is 2. The van der Waals surface area contributed by atoms with E-state index in [1.54, 1.807) is 60.1 Å². The number of halogens is 1. The Labute approximate surface area is 241 Å². The van der Waals surface area contributed by atoms with Gasteiger partial charge in [0.1, 0.15) is 17.2 Å². The Kier molecular flexibility index (Phi) is 7.70. The molecule has 0 aliphatic rings. The highest BCUT2D eigenvalue weighted by Gasteiger charge is 2.20. The van der Waals surface area contributed by atoms with Crippen molar-refractivity contribution in [1.29, 1.82) is 0 Å². The Hall–Kier alpha value is -5.13. The second kappa shape index (κ2) is 11.4. The molecular weight excluding hydrogens is 537 g/mol. The summed E-state index contributed by atoms with van der Waals surface area (Å²) in [5.74, 6) is -0.242. The molecule has 11 nitrogen and oxygen atoms in total. The van der Waals surface area contributed by atoms with Gasteiger partial charge in [-0.3, -0.25) is 19.0 Å². The second-order valence-corrected chi connectivity index (χ2v) is 10.5. The maximum atomic E-state index is 15.2. The molecule has 3 N–H and O–H groups in total. The van der Waals surface area contributed by atoms with Crippen molar-refractivity contribution < 1.29 is 9.18 Å². The number of carbonyl (C=O) groups excluding carboxylic acids is 1. The number of urea groups is 1. The number of anilines is 3. The predicted octanol–water partition coefficient (Wildman–Crippen LogP) is 6.01. The second-order valence-electron chi connectivity index (χ2n) is 10.5. The predicted molar refractivity (Wildman–Crippen MR) is 162 cm³/mol. The van der Waals surface area contributed by atoms with E-state index in [0.29, 0.717) is 45.1 Å². The van der Waals surface area contributed by atoms with Gasteiger partial charge in [0.25, 0.3) is 5.56 Å². The van der Waals surface area contributed by atoms with Crippen molar-refractivity contribution in [3.05, 3.63) is 76.9 Å². The van der Waals surface area contributed by atoms with E-state index < -0.39 is 11.8 Å². The maximum Gasteiger partial charge on any atom is 0.323 e. The van der Waals surface area contributed by atoms with Crippen LogP contribution in [0.25, 0.3) is 33.4 Å². The lowest BCUT2D eigenvalue weighted by Crippen LogP contribution is -2.25. The minimum absolute atomic E-state index is 0.0446. The highest BCUT2D eigenvalue weighted by molar-refractivity contribution is 6.02. The molecule has 0 spiro atoms. The molecule has 4 aromatic heterocycles. The Bertz CT molecular complexity index is 1850. The van der Waals surface area contributed by atoms with E-state index in [9.17, 15) is 9.59 Å². The number of aryl methyl sites for hydroxylation is 1. The van der Waals surface area contributed by atoms with Gasteiger partial charge in [-0.05, 0) is 76.1 Å². The van der Waals surface area contributed by atoms with Crippen molar-refractivity contribution in [2.75, 3.05) is 23.0 Å². The zero-order valence-corrected chi connectivity index (χ0v) is 24.2. The Balaban J connectivity index is 1.52. The molecule has 216 valence electrons. The summed E-state index contributed by atoms with van der Waals surface area (Å²) >= 11 is 0. The smallest absolute Gasteiger partial charge is 0.323 e. The first-order valence-corrected chi connectivity index (χ1v) is 13.6. The van der Waals surface area contributed by atoms with E-state index in [0.717, 1.165) is 5.56 Å². The molecule has 0 aliphatic heterocycles. The quantitative estimate of drug-likeness (QED) is 0.219. The number of rotatable bonds is 7. The normalized spacial score (nSPS) is 11.4. The zero-order chi connectivity index (χ0) is 30.1. The average molecular weight is 570 g/mol. The van der Waals surface area contributed by atoms with E-state index in [4.69, 9.17) is 0 Å². The number of benzene rings is 1. The number of carbonyl (C=O) groups is 1. The number of nitrogens with zero attached hydrogens (tertiary/aromatic N) is 6. The molecule has 42 heavy (non-hydrogen) atoms. The van der Waals surface area contributed by atoms with Gasteiger partial charge in [-0.2, -0.15) is 10.1 Å². The van der Waals surface area contributed by atoms with Crippen LogP contribution >= 0.6 is 0 Å². The minimum Gasteiger partial charge on any atom is -0.357 e. The average Bonchev–Trinajstić information content (AvgIpc) is 3.38. The standard InChI is InChI=1S/C30H32FN9O2/c1-16(2)39-15-25(26(38-39)19-8-7-9-33-13-19)36-30(42)35-24-12-21(18(5)10-23(24)31)22-11-20-14-34-29(32-6)37-27(20)40(17(3)4)28(22)41/h7-17H,1-6H3,(H,32,34,37)(H2,35,36,42). The van der Waals surface area contributed by atoms with E-state index in [2.05, 4.69) is 36.0 Å². The van der Waals surface area contributed by atoms with Gasteiger partial charge in [-0.15, -0.1) is 0 Å². The van der Waals surface area contributed by atoms with Crippen LogP contribution < -0.4 is 21.5 Å². The summed E-state index contributed by atoms with van der Waals surface area (Å²) in [5, 5.41) is 13.5. The van der Waals surface area contributed by atoms with Crippen molar-refractivity contribution in [1.82, 2.24) is 29.3 Å². The minimum atomic E-state index is -0.664. The van der Waals surface area contributed by atoms with E-state index >= 15 is 4.39 Å². The first kappa shape index (κ1) is 28.4. The maximum absolute atomic E-state index is 15.2. The Morgan fingerprint density at radius 1 is 1.00 bits per heavy atom. The molecule has 4 heterocycles. The topological polar surface area (TPSA) is 132 Å².